The normalized spacial score (nSPS) is 15.4. The first kappa shape index (κ1) is 24.6. The fourth-order valence-corrected chi connectivity index (χ4v) is 4.87. The fraction of sp³-hybridized carbons (Fsp3) is 0.118. The Hall–Kier alpha value is -3.55. The van der Waals surface area contributed by atoms with Crippen molar-refractivity contribution in [2.24, 2.45) is 0 Å². The van der Waals surface area contributed by atoms with Crippen LogP contribution >= 0.6 is 12.6 Å². The second-order valence-electron chi connectivity index (χ2n) is 8.57. The number of hydrogen-bond donors (Lipinski definition) is 1. The average Bonchev–Trinajstić information content (AvgIpc) is 3.13. The molecule has 3 aromatic rings. The van der Waals surface area contributed by atoms with E-state index in [0.29, 0.717) is 0 Å². The summed E-state index contributed by atoms with van der Waals surface area (Å²) in [5.74, 6) is 0. The molecule has 0 amide bonds. The highest BCUT2D eigenvalue weighted by molar-refractivity contribution is 7.80. The number of benzene rings is 2. The molecule has 1 aliphatic rings. The number of hydrogen-bond acceptors (Lipinski definition) is 1. The molecule has 0 atom stereocenters. The number of rotatable bonds is 5. The third-order valence-electron chi connectivity index (χ3n) is 6.18. The lowest BCUT2D eigenvalue weighted by Gasteiger charge is -2.19. The molecule has 1 heteroatoms. The van der Waals surface area contributed by atoms with Crippen molar-refractivity contribution in [2.45, 2.75) is 32.1 Å². The van der Waals surface area contributed by atoms with E-state index in [4.69, 9.17) is 12.6 Å². The van der Waals surface area contributed by atoms with Crippen molar-refractivity contribution in [1.82, 2.24) is 0 Å². The zero-order valence-corrected chi connectivity index (χ0v) is 21.6. The van der Waals surface area contributed by atoms with Gasteiger partial charge in [-0.1, -0.05) is 134 Å². The van der Waals surface area contributed by atoms with Gasteiger partial charge in [0, 0.05) is 4.90 Å². The fourth-order valence-electron chi connectivity index (χ4n) is 4.49. The van der Waals surface area contributed by atoms with Crippen LogP contribution in [0.5, 0.6) is 0 Å². The summed E-state index contributed by atoms with van der Waals surface area (Å²) in [6.45, 7) is 6.42. The number of fused-ring (bicyclic) bond motifs is 2. The lowest BCUT2D eigenvalue weighted by Crippen LogP contribution is -1.96. The van der Waals surface area contributed by atoms with Gasteiger partial charge in [-0.05, 0) is 64.8 Å². The highest BCUT2D eigenvalue weighted by Crippen LogP contribution is 2.50. The largest absolute Gasteiger partial charge is 0.142 e. The third kappa shape index (κ3) is 5.42. The molecule has 0 nitrogen and oxygen atoms in total. The van der Waals surface area contributed by atoms with Crippen LogP contribution in [-0.4, -0.2) is 0 Å². The molecule has 0 unspecified atom stereocenters. The Labute approximate surface area is 215 Å². The molecule has 0 saturated carbocycles. The summed E-state index contributed by atoms with van der Waals surface area (Å²) in [4.78, 5) is 1.00. The highest BCUT2D eigenvalue weighted by atomic mass is 32.1. The molecule has 0 heterocycles. The lowest BCUT2D eigenvalue weighted by molar-refractivity contribution is 1.22. The molecule has 0 fully saturated rings. The Kier molecular flexibility index (Phi) is 8.23. The lowest BCUT2D eigenvalue weighted by atomic mass is 9.84. The predicted molar refractivity (Wildman–Crippen MR) is 157 cm³/mol. The Morgan fingerprint density at radius 2 is 1.37 bits per heavy atom. The van der Waals surface area contributed by atoms with Gasteiger partial charge in [0.25, 0.3) is 0 Å². The molecule has 4 rings (SSSR count). The zero-order valence-electron chi connectivity index (χ0n) is 20.7. The predicted octanol–water partition coefficient (Wildman–Crippen LogP) is 9.79. The van der Waals surface area contributed by atoms with Crippen LogP contribution in [0.3, 0.4) is 0 Å². The van der Waals surface area contributed by atoms with Crippen LogP contribution in [0.1, 0.15) is 48.1 Å². The summed E-state index contributed by atoms with van der Waals surface area (Å²) in [5, 5.41) is 0. The minimum Gasteiger partial charge on any atom is -0.142 e. The maximum Gasteiger partial charge on any atom is 0.0198 e. The smallest absolute Gasteiger partial charge is 0.0198 e. The van der Waals surface area contributed by atoms with Crippen LogP contribution in [0.25, 0.3) is 22.3 Å². The van der Waals surface area contributed by atoms with Crippen molar-refractivity contribution in [1.29, 1.82) is 0 Å². The van der Waals surface area contributed by atoms with Crippen LogP contribution in [0.2, 0.25) is 0 Å². The van der Waals surface area contributed by atoms with Gasteiger partial charge >= 0.3 is 0 Å². The Morgan fingerprint density at radius 1 is 0.743 bits per heavy atom. The van der Waals surface area contributed by atoms with Gasteiger partial charge in [-0.15, -0.1) is 12.6 Å². The molecule has 0 aromatic heterocycles. The van der Waals surface area contributed by atoms with Crippen molar-refractivity contribution < 1.29 is 0 Å². The molecule has 0 spiro atoms. The van der Waals surface area contributed by atoms with Crippen molar-refractivity contribution in [2.75, 3.05) is 0 Å². The number of aryl methyl sites for hydroxylation is 1. The molecule has 0 saturated heterocycles. The van der Waals surface area contributed by atoms with E-state index in [2.05, 4.69) is 142 Å². The standard InChI is InChI=1S/C34H32S/c1-4-6-9-21-29-30-22-15-14-16-25(3)23-24-31(34(30)35)33(29)32(27-19-12-8-13-20-27)28(5-2)26-17-10-7-11-18-26/h5-24,35H,4H2,1-3H3/b9-6+,15-14?,16-14?,22-15?,24-23?,25-16?,25-23?,28-5+,29-21-,30-22?,31-24?,33-32+. The molecule has 0 aliphatic heterocycles. The summed E-state index contributed by atoms with van der Waals surface area (Å²) in [5.41, 5.74) is 10.7. The van der Waals surface area contributed by atoms with E-state index in [1.54, 1.807) is 0 Å². The molecule has 174 valence electrons. The van der Waals surface area contributed by atoms with Crippen LogP contribution < -0.4 is 0 Å². The maximum atomic E-state index is 5.09. The summed E-state index contributed by atoms with van der Waals surface area (Å²) >= 11 is 5.09. The molecule has 0 radical (unpaired) electrons. The third-order valence-corrected chi connectivity index (χ3v) is 6.66. The van der Waals surface area contributed by atoms with Crippen molar-refractivity contribution >= 4 is 34.9 Å². The van der Waals surface area contributed by atoms with Gasteiger partial charge in [-0.2, -0.15) is 0 Å². The molecule has 35 heavy (non-hydrogen) atoms. The maximum absolute atomic E-state index is 5.09. The number of thiol groups is 1. The van der Waals surface area contributed by atoms with Crippen LogP contribution in [-0.2, 0) is 0 Å². The first-order valence-corrected chi connectivity index (χ1v) is 12.7. The van der Waals surface area contributed by atoms with Crippen molar-refractivity contribution in [3.05, 3.63) is 149 Å². The summed E-state index contributed by atoms with van der Waals surface area (Å²) in [6.07, 6.45) is 9.84. The van der Waals surface area contributed by atoms with Gasteiger partial charge in [-0.3, -0.25) is 0 Å². The van der Waals surface area contributed by atoms with Gasteiger partial charge in [0.1, 0.15) is 0 Å². The minimum absolute atomic E-state index is 0.995. The summed E-state index contributed by atoms with van der Waals surface area (Å²) < 4.78 is 0. The van der Waals surface area contributed by atoms with E-state index in [1.165, 1.54) is 39.0 Å². The van der Waals surface area contributed by atoms with E-state index >= 15 is 0 Å². The van der Waals surface area contributed by atoms with Gasteiger partial charge in [0.15, 0.2) is 0 Å². The van der Waals surface area contributed by atoms with Gasteiger partial charge in [0.05, 0.1) is 0 Å². The van der Waals surface area contributed by atoms with Crippen LogP contribution in [0, 0.1) is 6.92 Å². The van der Waals surface area contributed by atoms with E-state index in [1.807, 2.05) is 0 Å². The molecule has 0 N–H and O–H groups in total. The molecule has 1 aliphatic carbocycles. The SMILES string of the molecule is C/C=C(/C(=C1\C(=C/C=C/CC)c2ccccc(C)ccc1c2S)c1ccccc1)c1ccccc1. The van der Waals surface area contributed by atoms with Crippen LogP contribution in [0.4, 0.5) is 0 Å². The van der Waals surface area contributed by atoms with Gasteiger partial charge in [-0.25, -0.2) is 0 Å². The minimum atomic E-state index is 0.995. The highest BCUT2D eigenvalue weighted by Gasteiger charge is 2.27. The van der Waals surface area contributed by atoms with Gasteiger partial charge in [0.2, 0.25) is 0 Å². The topological polar surface area (TPSA) is 0 Å². The molecule has 2 bridgehead atoms. The number of allylic oxidation sites excluding steroid dienone is 8. The Balaban J connectivity index is 2.18. The first-order chi connectivity index (χ1) is 17.2. The van der Waals surface area contributed by atoms with E-state index in [0.717, 1.165) is 22.4 Å². The monoisotopic (exact) mass is 472 g/mol. The van der Waals surface area contributed by atoms with E-state index in [-0.39, 0.29) is 0 Å². The summed E-state index contributed by atoms with van der Waals surface area (Å²) in [7, 11) is 0. The first-order valence-electron chi connectivity index (χ1n) is 12.2. The Bertz CT molecular complexity index is 1370. The molecule has 3 aromatic carbocycles. The quantitative estimate of drug-likeness (QED) is 0.351. The second kappa shape index (κ2) is 11.7. The van der Waals surface area contributed by atoms with Crippen molar-refractivity contribution in [3.63, 3.8) is 0 Å². The summed E-state index contributed by atoms with van der Waals surface area (Å²) in [6, 6.07) is 34.3. The zero-order chi connectivity index (χ0) is 24.6. The van der Waals surface area contributed by atoms with Gasteiger partial charge < -0.3 is 0 Å². The molecular formula is C34H32S. The van der Waals surface area contributed by atoms with Crippen molar-refractivity contribution in [3.8, 4) is 0 Å². The second-order valence-corrected chi connectivity index (χ2v) is 9.02. The molecular weight excluding hydrogens is 440 g/mol. The average molecular weight is 473 g/mol. The Morgan fingerprint density at radius 3 is 2.03 bits per heavy atom. The van der Waals surface area contributed by atoms with E-state index < -0.39 is 0 Å². The van der Waals surface area contributed by atoms with Crippen LogP contribution in [0.15, 0.2) is 126 Å². The van der Waals surface area contributed by atoms with E-state index in [9.17, 15) is 0 Å².